The number of para-hydroxylation sites is 1. The Bertz CT molecular complexity index is 755. The summed E-state index contributed by atoms with van der Waals surface area (Å²) in [5, 5.41) is 2.77. The lowest BCUT2D eigenvalue weighted by molar-refractivity contribution is -0.111. The lowest BCUT2D eigenvalue weighted by Gasteiger charge is -2.15. The van der Waals surface area contributed by atoms with Gasteiger partial charge in [-0.1, -0.05) is 24.8 Å². The van der Waals surface area contributed by atoms with E-state index < -0.39 is 0 Å². The first-order chi connectivity index (χ1) is 11.2. The van der Waals surface area contributed by atoms with E-state index >= 15 is 0 Å². The van der Waals surface area contributed by atoms with E-state index in [2.05, 4.69) is 11.9 Å². The normalized spacial score (nSPS) is 11.9. The Kier molecular flexibility index (Phi) is 4.19. The molecule has 2 aromatic carbocycles. The minimum atomic E-state index is -0.284. The smallest absolute Gasteiger partial charge is 0.247 e. The van der Waals surface area contributed by atoms with Crippen molar-refractivity contribution in [1.29, 1.82) is 0 Å². The summed E-state index contributed by atoms with van der Waals surface area (Å²) in [6.45, 7) is 6.08. The maximum atomic E-state index is 11.6. The molecule has 1 amide bonds. The molecule has 0 fully saturated rings. The maximum Gasteiger partial charge on any atom is 0.247 e. The lowest BCUT2D eigenvalue weighted by Crippen LogP contribution is -2.09. The van der Waals surface area contributed by atoms with Gasteiger partial charge in [0.15, 0.2) is 17.2 Å². The van der Waals surface area contributed by atoms with Gasteiger partial charge < -0.3 is 19.5 Å². The number of rotatable bonds is 5. The van der Waals surface area contributed by atoms with Crippen LogP contribution in [0.3, 0.4) is 0 Å². The average Bonchev–Trinajstić information content (AvgIpc) is 3.04. The van der Waals surface area contributed by atoms with Crippen molar-refractivity contribution < 1.29 is 19.0 Å². The molecule has 0 aliphatic carbocycles. The number of anilines is 1. The Labute approximate surface area is 134 Å². The largest absolute Gasteiger partial charge is 0.491 e. The minimum absolute atomic E-state index is 0.229. The van der Waals surface area contributed by atoms with Gasteiger partial charge in [-0.05, 0) is 36.8 Å². The number of amides is 1. The van der Waals surface area contributed by atoms with Crippen LogP contribution in [0.2, 0.25) is 0 Å². The average molecular weight is 311 g/mol. The minimum Gasteiger partial charge on any atom is -0.491 e. The van der Waals surface area contributed by atoms with Gasteiger partial charge in [-0.15, -0.1) is 0 Å². The molecule has 118 valence electrons. The van der Waals surface area contributed by atoms with Gasteiger partial charge in [0.25, 0.3) is 0 Å². The van der Waals surface area contributed by atoms with E-state index in [1.807, 2.05) is 37.3 Å². The molecule has 0 saturated heterocycles. The first kappa shape index (κ1) is 15.0. The Balaban J connectivity index is 2.05. The van der Waals surface area contributed by atoms with Crippen LogP contribution in [0.5, 0.6) is 17.2 Å². The van der Waals surface area contributed by atoms with Crippen LogP contribution in [0.4, 0.5) is 5.69 Å². The van der Waals surface area contributed by atoms with Crippen LogP contribution in [0.15, 0.2) is 49.1 Å². The number of nitrogens with one attached hydrogen (secondary N) is 1. The predicted molar refractivity (Wildman–Crippen MR) is 88.0 cm³/mol. The second-order valence-electron chi connectivity index (χ2n) is 4.88. The van der Waals surface area contributed by atoms with E-state index in [1.54, 1.807) is 6.07 Å². The number of carbonyl (C=O) groups is 1. The molecule has 5 nitrogen and oxygen atoms in total. The van der Waals surface area contributed by atoms with Crippen molar-refractivity contribution in [3.63, 3.8) is 0 Å². The molecule has 2 aromatic rings. The molecule has 0 unspecified atom stereocenters. The fourth-order valence-corrected chi connectivity index (χ4v) is 2.41. The third-order valence-corrected chi connectivity index (χ3v) is 3.43. The van der Waals surface area contributed by atoms with Crippen LogP contribution in [0, 0.1) is 0 Å². The molecule has 1 aliphatic heterocycles. The third kappa shape index (κ3) is 2.99. The van der Waals surface area contributed by atoms with Crippen LogP contribution >= 0.6 is 0 Å². The highest BCUT2D eigenvalue weighted by Crippen LogP contribution is 2.41. The molecule has 0 bridgehead atoms. The van der Waals surface area contributed by atoms with Gasteiger partial charge in [0.2, 0.25) is 12.7 Å². The van der Waals surface area contributed by atoms with Crippen LogP contribution in [0.1, 0.15) is 6.92 Å². The SMILES string of the molecule is C=CC(=O)Nc1cccc(-c2ccc3c(c2)OCO3)c1OCC. The van der Waals surface area contributed by atoms with Crippen LogP contribution in [0.25, 0.3) is 11.1 Å². The monoisotopic (exact) mass is 311 g/mol. The summed E-state index contributed by atoms with van der Waals surface area (Å²) in [6, 6.07) is 11.3. The van der Waals surface area contributed by atoms with E-state index in [-0.39, 0.29) is 12.7 Å². The molecular formula is C18H17NO4. The predicted octanol–water partition coefficient (Wildman–Crippen LogP) is 3.61. The molecule has 0 saturated carbocycles. The van der Waals surface area contributed by atoms with Gasteiger partial charge in [0, 0.05) is 5.56 Å². The Morgan fingerprint density at radius 1 is 1.30 bits per heavy atom. The number of hydrogen-bond donors (Lipinski definition) is 1. The van der Waals surface area contributed by atoms with Crippen molar-refractivity contribution in [2.75, 3.05) is 18.7 Å². The molecule has 1 heterocycles. The quantitative estimate of drug-likeness (QED) is 0.857. The van der Waals surface area contributed by atoms with Crippen molar-refractivity contribution in [3.05, 3.63) is 49.1 Å². The van der Waals surface area contributed by atoms with E-state index in [9.17, 15) is 4.79 Å². The van der Waals surface area contributed by atoms with E-state index in [1.165, 1.54) is 6.08 Å². The highest BCUT2D eigenvalue weighted by atomic mass is 16.7. The number of fused-ring (bicyclic) bond motifs is 1. The zero-order valence-corrected chi connectivity index (χ0v) is 12.8. The summed E-state index contributed by atoms with van der Waals surface area (Å²) in [5.41, 5.74) is 2.39. The summed E-state index contributed by atoms with van der Waals surface area (Å²) in [4.78, 5) is 11.6. The van der Waals surface area contributed by atoms with Gasteiger partial charge in [0.05, 0.1) is 12.3 Å². The molecular weight excluding hydrogens is 294 g/mol. The van der Waals surface area contributed by atoms with Crippen molar-refractivity contribution in [3.8, 4) is 28.4 Å². The molecule has 1 aliphatic rings. The highest BCUT2D eigenvalue weighted by molar-refractivity contribution is 6.01. The molecule has 1 N–H and O–H groups in total. The summed E-state index contributed by atoms with van der Waals surface area (Å²) in [5.74, 6) is 1.76. The Morgan fingerprint density at radius 2 is 2.13 bits per heavy atom. The Morgan fingerprint density at radius 3 is 2.91 bits per heavy atom. The molecule has 3 rings (SSSR count). The number of benzene rings is 2. The summed E-state index contributed by atoms with van der Waals surface area (Å²) < 4.78 is 16.5. The Hall–Kier alpha value is -2.95. The molecule has 0 atom stereocenters. The van der Waals surface area contributed by atoms with Gasteiger partial charge in [0.1, 0.15) is 0 Å². The molecule has 5 heteroatoms. The first-order valence-corrected chi connectivity index (χ1v) is 7.32. The van der Waals surface area contributed by atoms with E-state index in [0.29, 0.717) is 23.8 Å². The fraction of sp³-hybridized carbons (Fsp3) is 0.167. The highest BCUT2D eigenvalue weighted by Gasteiger charge is 2.17. The van der Waals surface area contributed by atoms with Gasteiger partial charge in [-0.25, -0.2) is 0 Å². The lowest BCUT2D eigenvalue weighted by atomic mass is 10.0. The third-order valence-electron chi connectivity index (χ3n) is 3.43. The van der Waals surface area contributed by atoms with Crippen LogP contribution in [-0.4, -0.2) is 19.3 Å². The summed E-state index contributed by atoms with van der Waals surface area (Å²) >= 11 is 0. The second-order valence-corrected chi connectivity index (χ2v) is 4.88. The first-order valence-electron chi connectivity index (χ1n) is 7.32. The van der Waals surface area contributed by atoms with Crippen molar-refractivity contribution in [2.24, 2.45) is 0 Å². The topological polar surface area (TPSA) is 56.8 Å². The number of hydrogen-bond acceptors (Lipinski definition) is 4. The molecule has 0 aromatic heterocycles. The molecule has 0 spiro atoms. The van der Waals surface area contributed by atoms with Crippen LogP contribution < -0.4 is 19.5 Å². The van der Waals surface area contributed by atoms with Crippen molar-refractivity contribution >= 4 is 11.6 Å². The maximum absolute atomic E-state index is 11.6. The number of ether oxygens (including phenoxy) is 3. The van der Waals surface area contributed by atoms with Crippen molar-refractivity contribution in [2.45, 2.75) is 6.92 Å². The van der Waals surface area contributed by atoms with Crippen molar-refractivity contribution in [1.82, 2.24) is 0 Å². The van der Waals surface area contributed by atoms with E-state index in [4.69, 9.17) is 14.2 Å². The fourth-order valence-electron chi connectivity index (χ4n) is 2.41. The molecule has 0 radical (unpaired) electrons. The zero-order chi connectivity index (χ0) is 16.2. The molecule has 23 heavy (non-hydrogen) atoms. The van der Waals surface area contributed by atoms with E-state index in [0.717, 1.165) is 16.9 Å². The summed E-state index contributed by atoms with van der Waals surface area (Å²) in [7, 11) is 0. The standard InChI is InChI=1S/C18H17NO4/c1-3-17(20)19-14-7-5-6-13(18(14)21-4-2)12-8-9-15-16(10-12)23-11-22-15/h3,5-10H,1,4,11H2,2H3,(H,19,20). The van der Waals surface area contributed by atoms with Gasteiger partial charge in [-0.2, -0.15) is 0 Å². The van der Waals surface area contributed by atoms with Crippen LogP contribution in [-0.2, 0) is 4.79 Å². The van der Waals surface area contributed by atoms with Gasteiger partial charge in [-0.3, -0.25) is 4.79 Å². The number of carbonyl (C=O) groups excluding carboxylic acids is 1. The van der Waals surface area contributed by atoms with Gasteiger partial charge >= 0.3 is 0 Å². The second kappa shape index (κ2) is 6.44. The zero-order valence-electron chi connectivity index (χ0n) is 12.8. The summed E-state index contributed by atoms with van der Waals surface area (Å²) in [6.07, 6.45) is 1.23.